The summed E-state index contributed by atoms with van der Waals surface area (Å²) in [7, 11) is 1.84. The highest BCUT2D eigenvalue weighted by atomic mass is 19.1. The number of quaternary nitrogens is 1. The van der Waals surface area contributed by atoms with E-state index in [4.69, 9.17) is 0 Å². The Morgan fingerprint density at radius 2 is 2.00 bits per heavy atom. The third-order valence-corrected chi connectivity index (χ3v) is 2.68. The third-order valence-electron chi connectivity index (χ3n) is 2.68. The Morgan fingerprint density at radius 1 is 1.25 bits per heavy atom. The van der Waals surface area contributed by atoms with Crippen molar-refractivity contribution in [3.05, 3.63) is 35.6 Å². The molecule has 0 fully saturated rings. The highest BCUT2D eigenvalue weighted by Gasteiger charge is 2.11. The van der Waals surface area contributed by atoms with E-state index in [2.05, 4.69) is 10.6 Å². The summed E-state index contributed by atoms with van der Waals surface area (Å²) in [6.07, 6.45) is 0. The number of hydrogen-bond donors (Lipinski definition) is 3. The fourth-order valence-electron chi connectivity index (χ4n) is 1.83. The number of hydrogen-bond acceptors (Lipinski definition) is 2. The highest BCUT2D eigenvalue weighted by molar-refractivity contribution is 5.84. The van der Waals surface area contributed by atoms with Gasteiger partial charge < -0.3 is 15.5 Å². The molecule has 1 unspecified atom stereocenters. The lowest BCUT2D eigenvalue weighted by molar-refractivity contribution is -0.885. The summed E-state index contributed by atoms with van der Waals surface area (Å²) in [5.74, 6) is -0.690. The van der Waals surface area contributed by atoms with Crippen molar-refractivity contribution in [2.75, 3.05) is 26.7 Å². The molecule has 0 saturated heterocycles. The first kappa shape index (κ1) is 16.1. The minimum Gasteiger partial charge on any atom is -0.355 e. The Labute approximate surface area is 118 Å². The molecule has 0 aliphatic rings. The van der Waals surface area contributed by atoms with Gasteiger partial charge in [0.1, 0.15) is 12.4 Å². The molecule has 1 rings (SSSR count). The summed E-state index contributed by atoms with van der Waals surface area (Å²) < 4.78 is 13.0. The van der Waals surface area contributed by atoms with E-state index in [1.54, 1.807) is 6.07 Å². The maximum Gasteiger partial charge on any atom is 0.275 e. The Morgan fingerprint density at radius 3 is 2.65 bits per heavy atom. The maximum atomic E-state index is 13.0. The van der Waals surface area contributed by atoms with Crippen LogP contribution in [0.3, 0.4) is 0 Å². The van der Waals surface area contributed by atoms with Crippen LogP contribution in [0.25, 0.3) is 0 Å². The van der Waals surface area contributed by atoms with Crippen LogP contribution in [0.5, 0.6) is 0 Å². The van der Waals surface area contributed by atoms with Gasteiger partial charge in [-0.15, -0.1) is 0 Å². The van der Waals surface area contributed by atoms with Gasteiger partial charge in [0.05, 0.1) is 13.6 Å². The first-order chi connectivity index (χ1) is 9.51. The zero-order valence-electron chi connectivity index (χ0n) is 11.8. The molecule has 6 heteroatoms. The molecule has 0 saturated carbocycles. The van der Waals surface area contributed by atoms with Crippen molar-refractivity contribution in [1.29, 1.82) is 0 Å². The zero-order chi connectivity index (χ0) is 15.0. The number of rotatable bonds is 7. The average molecular weight is 282 g/mol. The van der Waals surface area contributed by atoms with Crippen molar-refractivity contribution in [3.63, 3.8) is 0 Å². The summed E-state index contributed by atoms with van der Waals surface area (Å²) in [6, 6.07) is 6.31. The van der Waals surface area contributed by atoms with Crippen LogP contribution >= 0.6 is 0 Å². The van der Waals surface area contributed by atoms with Gasteiger partial charge in [0, 0.05) is 12.1 Å². The van der Waals surface area contributed by atoms with E-state index >= 15 is 0 Å². The van der Waals surface area contributed by atoms with E-state index in [1.165, 1.54) is 12.1 Å². The Bertz CT molecular complexity index is 465. The SMILES string of the molecule is CCNC(=O)CNC(=O)C[NH+](C)Cc1cccc(F)c1. The van der Waals surface area contributed by atoms with Crippen LogP contribution in [-0.2, 0) is 16.1 Å². The van der Waals surface area contributed by atoms with Crippen LogP contribution in [-0.4, -0.2) is 38.5 Å². The van der Waals surface area contributed by atoms with Crippen LogP contribution in [0.15, 0.2) is 24.3 Å². The molecule has 110 valence electrons. The fourth-order valence-corrected chi connectivity index (χ4v) is 1.83. The van der Waals surface area contributed by atoms with Crippen LogP contribution in [0.1, 0.15) is 12.5 Å². The van der Waals surface area contributed by atoms with Crippen molar-refractivity contribution in [1.82, 2.24) is 10.6 Å². The molecule has 0 spiro atoms. The minimum atomic E-state index is -0.281. The molecule has 0 aromatic heterocycles. The smallest absolute Gasteiger partial charge is 0.275 e. The zero-order valence-corrected chi connectivity index (χ0v) is 11.8. The number of likely N-dealkylation sites (N-methyl/N-ethyl adjacent to an activating group) is 2. The topological polar surface area (TPSA) is 62.6 Å². The summed E-state index contributed by atoms with van der Waals surface area (Å²) >= 11 is 0. The molecule has 1 aromatic rings. The lowest BCUT2D eigenvalue weighted by Gasteiger charge is -2.13. The normalized spacial score (nSPS) is 11.8. The number of amides is 2. The largest absolute Gasteiger partial charge is 0.355 e. The summed E-state index contributed by atoms with van der Waals surface area (Å²) in [4.78, 5) is 23.7. The molecule has 0 bridgehead atoms. The fraction of sp³-hybridized carbons (Fsp3) is 0.429. The molecule has 20 heavy (non-hydrogen) atoms. The van der Waals surface area contributed by atoms with Crippen molar-refractivity contribution in [2.24, 2.45) is 0 Å². The standard InChI is InChI=1S/C14H20FN3O2/c1-3-16-13(19)8-17-14(20)10-18(2)9-11-5-4-6-12(15)7-11/h4-7H,3,8-10H2,1-2H3,(H,16,19)(H,17,20)/p+1. The average Bonchev–Trinajstić information content (AvgIpc) is 2.36. The van der Waals surface area contributed by atoms with Gasteiger partial charge >= 0.3 is 0 Å². The van der Waals surface area contributed by atoms with E-state index in [0.717, 1.165) is 10.5 Å². The quantitative estimate of drug-likeness (QED) is 0.606. The van der Waals surface area contributed by atoms with E-state index in [-0.39, 0.29) is 30.7 Å². The van der Waals surface area contributed by atoms with Gasteiger partial charge in [-0.3, -0.25) is 9.59 Å². The summed E-state index contributed by atoms with van der Waals surface area (Å²) in [5.41, 5.74) is 0.832. The van der Waals surface area contributed by atoms with Crippen LogP contribution in [0, 0.1) is 5.82 Å². The van der Waals surface area contributed by atoms with Crippen LogP contribution in [0.2, 0.25) is 0 Å². The van der Waals surface area contributed by atoms with Crippen LogP contribution in [0.4, 0.5) is 4.39 Å². The number of carbonyl (C=O) groups excluding carboxylic acids is 2. The molecule has 3 N–H and O–H groups in total. The first-order valence-electron chi connectivity index (χ1n) is 6.60. The molecule has 0 aliphatic carbocycles. The van der Waals surface area contributed by atoms with Gasteiger partial charge in [0.2, 0.25) is 5.91 Å². The van der Waals surface area contributed by atoms with E-state index in [0.29, 0.717) is 13.1 Å². The van der Waals surface area contributed by atoms with Crippen LogP contribution < -0.4 is 15.5 Å². The van der Waals surface area contributed by atoms with Crippen molar-refractivity contribution in [2.45, 2.75) is 13.5 Å². The van der Waals surface area contributed by atoms with Gasteiger partial charge in [0.25, 0.3) is 5.91 Å². The predicted molar refractivity (Wildman–Crippen MR) is 73.6 cm³/mol. The minimum absolute atomic E-state index is 0.0140. The van der Waals surface area contributed by atoms with Gasteiger partial charge in [-0.05, 0) is 19.1 Å². The Balaban J connectivity index is 2.33. The summed E-state index contributed by atoms with van der Waals surface area (Å²) in [6.45, 7) is 3.12. The maximum absolute atomic E-state index is 13.0. The molecule has 2 amide bonds. The van der Waals surface area contributed by atoms with Gasteiger partial charge in [0.15, 0.2) is 6.54 Å². The second-order valence-corrected chi connectivity index (χ2v) is 4.67. The molecule has 0 radical (unpaired) electrons. The molecule has 5 nitrogen and oxygen atoms in total. The second kappa shape index (κ2) is 8.27. The second-order valence-electron chi connectivity index (χ2n) is 4.67. The van der Waals surface area contributed by atoms with E-state index < -0.39 is 0 Å². The van der Waals surface area contributed by atoms with Gasteiger partial charge in [-0.2, -0.15) is 0 Å². The van der Waals surface area contributed by atoms with Gasteiger partial charge in [-0.25, -0.2) is 4.39 Å². The molecular formula is C14H21FN3O2+. The lowest BCUT2D eigenvalue weighted by Crippen LogP contribution is -3.08. The molecule has 1 atom stereocenters. The molecular weight excluding hydrogens is 261 g/mol. The first-order valence-corrected chi connectivity index (χ1v) is 6.60. The molecule has 1 aromatic carbocycles. The van der Waals surface area contributed by atoms with Crippen molar-refractivity contribution >= 4 is 11.8 Å². The Kier molecular flexibility index (Phi) is 6.66. The number of carbonyl (C=O) groups is 2. The van der Waals surface area contributed by atoms with Crippen molar-refractivity contribution < 1.29 is 18.9 Å². The summed E-state index contributed by atoms with van der Waals surface area (Å²) in [5, 5.41) is 5.15. The number of benzene rings is 1. The van der Waals surface area contributed by atoms with Gasteiger partial charge in [-0.1, -0.05) is 12.1 Å². The Hall–Kier alpha value is -1.95. The van der Waals surface area contributed by atoms with Crippen molar-refractivity contribution in [3.8, 4) is 0 Å². The van der Waals surface area contributed by atoms with E-state index in [1.807, 2.05) is 20.0 Å². The molecule has 0 aliphatic heterocycles. The molecule has 0 heterocycles. The predicted octanol–water partition coefficient (Wildman–Crippen LogP) is -0.907. The number of nitrogens with one attached hydrogen (secondary N) is 3. The third kappa shape index (κ3) is 6.29. The number of halogens is 1. The lowest BCUT2D eigenvalue weighted by atomic mass is 10.2. The highest BCUT2D eigenvalue weighted by Crippen LogP contribution is 2.01. The monoisotopic (exact) mass is 282 g/mol. The van der Waals surface area contributed by atoms with E-state index in [9.17, 15) is 14.0 Å².